The molecule has 2 aromatic carbocycles. The first-order valence-corrected chi connectivity index (χ1v) is 16.9. The average Bonchev–Trinajstić information content (AvgIpc) is 3.55. The standard InChI is InChI=1S/C28H36F3N3O5Si/c1-18(19-7-6-8-20(13-19)28(29,30)31)32-27(35)22-14-24(39-21-9-10-37-16-21)26(36-2)23-15-34(33-25(22)23)17-38-11-12-40(3,4)5/h6-8,13-15,18,21H,9-12,16-17H2,1-5H3,(H,32,35)/t18?,21-/m0/s1. The van der Waals surface area contributed by atoms with Crippen molar-refractivity contribution in [3.63, 3.8) is 0 Å². The molecule has 0 saturated carbocycles. The Labute approximate surface area is 232 Å². The van der Waals surface area contributed by atoms with Gasteiger partial charge in [0.2, 0.25) is 0 Å². The normalized spacial score (nSPS) is 16.8. The quantitative estimate of drug-likeness (QED) is 0.221. The number of methoxy groups -OCH3 is 1. The summed E-state index contributed by atoms with van der Waals surface area (Å²) in [5.74, 6) is 0.286. The van der Waals surface area contributed by atoms with Gasteiger partial charge in [0.05, 0.1) is 42.9 Å². The van der Waals surface area contributed by atoms with Crippen LogP contribution in [-0.2, 0) is 22.4 Å². The van der Waals surface area contributed by atoms with Crippen molar-refractivity contribution in [2.45, 2.75) is 64.1 Å². The summed E-state index contributed by atoms with van der Waals surface area (Å²) in [7, 11) is 0.252. The summed E-state index contributed by atoms with van der Waals surface area (Å²) in [4.78, 5) is 13.6. The molecule has 40 heavy (non-hydrogen) atoms. The molecule has 2 heterocycles. The van der Waals surface area contributed by atoms with Gasteiger partial charge in [-0.1, -0.05) is 31.8 Å². The molecule has 0 bridgehead atoms. The van der Waals surface area contributed by atoms with Gasteiger partial charge in [0.1, 0.15) is 18.4 Å². The maximum absolute atomic E-state index is 13.6. The van der Waals surface area contributed by atoms with E-state index in [2.05, 4.69) is 30.1 Å². The zero-order valence-electron chi connectivity index (χ0n) is 23.4. The lowest BCUT2D eigenvalue weighted by Gasteiger charge is -2.19. The number of nitrogens with zero attached hydrogens (tertiary/aromatic N) is 2. The number of ether oxygens (including phenoxy) is 4. The van der Waals surface area contributed by atoms with Gasteiger partial charge in [-0.05, 0) is 36.7 Å². The number of amides is 1. The molecular weight excluding hydrogens is 543 g/mol. The van der Waals surface area contributed by atoms with Gasteiger partial charge in [0.15, 0.2) is 11.5 Å². The van der Waals surface area contributed by atoms with Crippen molar-refractivity contribution in [2.75, 3.05) is 26.9 Å². The van der Waals surface area contributed by atoms with Gasteiger partial charge in [0, 0.05) is 27.3 Å². The summed E-state index contributed by atoms with van der Waals surface area (Å²) in [6.45, 7) is 10.2. The highest BCUT2D eigenvalue weighted by Gasteiger charge is 2.31. The summed E-state index contributed by atoms with van der Waals surface area (Å²) in [5, 5.41) is 7.99. The first-order chi connectivity index (χ1) is 18.9. The molecule has 1 saturated heterocycles. The van der Waals surface area contributed by atoms with E-state index in [4.69, 9.17) is 18.9 Å². The third kappa shape index (κ3) is 7.35. The maximum Gasteiger partial charge on any atom is 0.416 e. The van der Waals surface area contributed by atoms with Crippen LogP contribution in [0.4, 0.5) is 13.2 Å². The van der Waals surface area contributed by atoms with Crippen molar-refractivity contribution in [1.29, 1.82) is 0 Å². The second-order valence-corrected chi connectivity index (χ2v) is 16.8. The molecule has 0 radical (unpaired) electrons. The third-order valence-corrected chi connectivity index (χ3v) is 8.38. The van der Waals surface area contributed by atoms with Gasteiger partial charge in [-0.15, -0.1) is 0 Å². The molecule has 1 aliphatic heterocycles. The highest BCUT2D eigenvalue weighted by molar-refractivity contribution is 6.76. The second kappa shape index (κ2) is 12.2. The van der Waals surface area contributed by atoms with E-state index in [-0.39, 0.29) is 18.4 Å². The van der Waals surface area contributed by atoms with Crippen LogP contribution in [0.25, 0.3) is 10.9 Å². The van der Waals surface area contributed by atoms with E-state index in [1.165, 1.54) is 13.2 Å². The Balaban J connectivity index is 1.65. The van der Waals surface area contributed by atoms with Gasteiger partial charge in [-0.3, -0.25) is 4.79 Å². The number of aromatic nitrogens is 2. The first-order valence-electron chi connectivity index (χ1n) is 13.2. The minimum atomic E-state index is -4.48. The minimum absolute atomic E-state index is 0.191. The summed E-state index contributed by atoms with van der Waals surface area (Å²) in [5.41, 5.74) is 0.132. The maximum atomic E-state index is 13.6. The lowest BCUT2D eigenvalue weighted by molar-refractivity contribution is -0.137. The Morgan fingerprint density at radius 3 is 2.70 bits per heavy atom. The zero-order chi connectivity index (χ0) is 29.1. The van der Waals surface area contributed by atoms with Crippen LogP contribution in [0, 0.1) is 0 Å². The van der Waals surface area contributed by atoms with Crippen LogP contribution >= 0.6 is 0 Å². The van der Waals surface area contributed by atoms with Crippen LogP contribution < -0.4 is 14.8 Å². The largest absolute Gasteiger partial charge is 0.492 e. The number of benzene rings is 2. The number of halogens is 3. The molecule has 1 fully saturated rings. The van der Waals surface area contributed by atoms with E-state index >= 15 is 0 Å². The van der Waals surface area contributed by atoms with Crippen molar-refractivity contribution in [3.8, 4) is 11.5 Å². The van der Waals surface area contributed by atoms with Gasteiger partial charge in [-0.25, -0.2) is 4.68 Å². The van der Waals surface area contributed by atoms with Crippen LogP contribution in [0.1, 0.15) is 40.9 Å². The van der Waals surface area contributed by atoms with Crippen LogP contribution in [0.3, 0.4) is 0 Å². The van der Waals surface area contributed by atoms with Crippen LogP contribution in [-0.4, -0.2) is 56.8 Å². The molecule has 12 heteroatoms. The molecule has 0 spiro atoms. The molecule has 4 rings (SSSR count). The van der Waals surface area contributed by atoms with Crippen LogP contribution in [0.5, 0.6) is 11.5 Å². The van der Waals surface area contributed by atoms with Gasteiger partial charge < -0.3 is 24.3 Å². The number of carbonyl (C=O) groups is 1. The van der Waals surface area contributed by atoms with Crippen molar-refractivity contribution in [1.82, 2.24) is 15.1 Å². The summed E-state index contributed by atoms with van der Waals surface area (Å²) in [6, 6.07) is 6.77. The third-order valence-electron chi connectivity index (χ3n) is 6.67. The average molecular weight is 580 g/mol. The molecule has 8 nitrogen and oxygen atoms in total. The fourth-order valence-corrected chi connectivity index (χ4v) is 5.14. The molecular formula is C28H36F3N3O5Si. The smallest absolute Gasteiger partial charge is 0.416 e. The van der Waals surface area contributed by atoms with E-state index < -0.39 is 31.8 Å². The van der Waals surface area contributed by atoms with E-state index in [0.717, 1.165) is 18.2 Å². The molecule has 1 aromatic heterocycles. The number of hydrogen-bond acceptors (Lipinski definition) is 6. The molecule has 1 aliphatic rings. The number of alkyl halides is 3. The predicted octanol–water partition coefficient (Wildman–Crippen LogP) is 6.03. The topological polar surface area (TPSA) is 83.8 Å². The number of fused-ring (bicyclic) bond motifs is 1. The fourth-order valence-electron chi connectivity index (χ4n) is 4.39. The number of carbonyl (C=O) groups excluding carboxylic acids is 1. The van der Waals surface area contributed by atoms with Crippen LogP contribution in [0.2, 0.25) is 25.7 Å². The summed E-state index contributed by atoms with van der Waals surface area (Å²) in [6.07, 6.45) is -2.25. The molecule has 1 amide bonds. The Hall–Kier alpha value is -3.09. The van der Waals surface area contributed by atoms with E-state index in [1.54, 1.807) is 29.9 Å². The highest BCUT2D eigenvalue weighted by atomic mass is 28.3. The summed E-state index contributed by atoms with van der Waals surface area (Å²) < 4.78 is 64.5. The SMILES string of the molecule is COc1c(O[C@H]2CCOC2)cc(C(=O)NC(C)c2cccc(C(F)(F)F)c2)c2nn(COCC[Si](C)(C)C)cc12. The lowest BCUT2D eigenvalue weighted by Crippen LogP contribution is -2.27. The lowest BCUT2D eigenvalue weighted by atomic mass is 10.0. The molecule has 3 aromatic rings. The molecule has 1 unspecified atom stereocenters. The second-order valence-electron chi connectivity index (χ2n) is 11.2. The van der Waals surface area contributed by atoms with Crippen LogP contribution in [0.15, 0.2) is 36.5 Å². The Kier molecular flexibility index (Phi) is 9.11. The monoisotopic (exact) mass is 579 g/mol. The number of rotatable bonds is 11. The van der Waals surface area contributed by atoms with Gasteiger partial charge >= 0.3 is 6.18 Å². The van der Waals surface area contributed by atoms with Gasteiger partial charge in [-0.2, -0.15) is 18.3 Å². The molecule has 1 N–H and O–H groups in total. The number of nitrogens with one attached hydrogen (secondary N) is 1. The van der Waals surface area contributed by atoms with E-state index in [1.807, 2.05) is 0 Å². The Morgan fingerprint density at radius 2 is 2.05 bits per heavy atom. The van der Waals surface area contributed by atoms with E-state index in [9.17, 15) is 18.0 Å². The highest BCUT2D eigenvalue weighted by Crippen LogP contribution is 2.39. The molecule has 2 atom stereocenters. The van der Waals surface area contributed by atoms with Crippen molar-refractivity contribution < 1.29 is 36.9 Å². The molecule has 0 aliphatic carbocycles. The van der Waals surface area contributed by atoms with Crippen molar-refractivity contribution >= 4 is 24.9 Å². The number of hydrogen-bond donors (Lipinski definition) is 1. The Morgan fingerprint density at radius 1 is 1.27 bits per heavy atom. The van der Waals surface area contributed by atoms with Crippen molar-refractivity contribution in [3.05, 3.63) is 53.2 Å². The van der Waals surface area contributed by atoms with E-state index in [0.29, 0.717) is 54.2 Å². The Bertz CT molecular complexity index is 1330. The van der Waals surface area contributed by atoms with Gasteiger partial charge in [0.25, 0.3) is 5.91 Å². The summed E-state index contributed by atoms with van der Waals surface area (Å²) >= 11 is 0. The van der Waals surface area contributed by atoms with Crippen molar-refractivity contribution in [2.24, 2.45) is 0 Å². The zero-order valence-corrected chi connectivity index (χ0v) is 24.4. The fraction of sp³-hybridized carbons (Fsp3) is 0.500. The molecule has 218 valence electrons. The minimum Gasteiger partial charge on any atom is -0.492 e. The predicted molar refractivity (Wildman–Crippen MR) is 148 cm³/mol. The first kappa shape index (κ1) is 29.9.